The van der Waals surface area contributed by atoms with E-state index in [0.29, 0.717) is 17.7 Å². The van der Waals surface area contributed by atoms with E-state index in [2.05, 4.69) is 10.6 Å². The van der Waals surface area contributed by atoms with Gasteiger partial charge in [-0.1, -0.05) is 30.3 Å². The van der Waals surface area contributed by atoms with Gasteiger partial charge in [-0.05, 0) is 36.2 Å². The zero-order chi connectivity index (χ0) is 17.6. The smallest absolute Gasteiger partial charge is 0.253 e. The minimum absolute atomic E-state index is 0.0667. The first kappa shape index (κ1) is 17.2. The number of carbonyl (C=O) groups is 2. The van der Waals surface area contributed by atoms with Gasteiger partial charge in [0, 0.05) is 43.9 Å². The topological polar surface area (TPSA) is 61.4 Å². The van der Waals surface area contributed by atoms with Gasteiger partial charge < -0.3 is 15.5 Å². The Labute approximate surface area is 148 Å². The summed E-state index contributed by atoms with van der Waals surface area (Å²) in [4.78, 5) is 26.5. The number of amides is 2. The van der Waals surface area contributed by atoms with E-state index < -0.39 is 0 Å². The van der Waals surface area contributed by atoms with Crippen molar-refractivity contribution in [3.8, 4) is 0 Å². The van der Waals surface area contributed by atoms with Gasteiger partial charge in [-0.25, -0.2) is 0 Å². The Morgan fingerprint density at radius 3 is 2.40 bits per heavy atom. The summed E-state index contributed by atoms with van der Waals surface area (Å²) >= 11 is 0. The number of piperazine rings is 1. The number of aryl methyl sites for hydroxylation is 1. The molecule has 2 N–H and O–H groups in total. The summed E-state index contributed by atoms with van der Waals surface area (Å²) in [6, 6.07) is 15.0. The van der Waals surface area contributed by atoms with E-state index in [4.69, 9.17) is 0 Å². The first-order valence-corrected chi connectivity index (χ1v) is 8.58. The van der Waals surface area contributed by atoms with Crippen LogP contribution in [0.5, 0.6) is 0 Å². The van der Waals surface area contributed by atoms with Crippen LogP contribution in [-0.2, 0) is 6.54 Å². The van der Waals surface area contributed by atoms with Gasteiger partial charge in [-0.15, -0.1) is 0 Å². The van der Waals surface area contributed by atoms with Crippen LogP contribution >= 0.6 is 0 Å². The molecule has 1 saturated heterocycles. The van der Waals surface area contributed by atoms with Gasteiger partial charge in [0.25, 0.3) is 11.8 Å². The van der Waals surface area contributed by atoms with Crippen LogP contribution in [0.2, 0.25) is 0 Å². The molecule has 0 bridgehead atoms. The fourth-order valence-electron chi connectivity index (χ4n) is 2.92. The van der Waals surface area contributed by atoms with Crippen molar-refractivity contribution in [2.45, 2.75) is 13.5 Å². The third-order valence-corrected chi connectivity index (χ3v) is 4.45. The number of rotatable bonds is 4. The zero-order valence-corrected chi connectivity index (χ0v) is 14.4. The predicted molar refractivity (Wildman–Crippen MR) is 97.6 cm³/mol. The highest BCUT2D eigenvalue weighted by Gasteiger charge is 2.17. The molecule has 130 valence electrons. The second kappa shape index (κ2) is 7.94. The molecule has 1 aliphatic rings. The Bertz CT molecular complexity index is 750. The molecule has 0 aromatic heterocycles. The van der Waals surface area contributed by atoms with Crippen LogP contribution in [0, 0.1) is 6.92 Å². The van der Waals surface area contributed by atoms with E-state index in [1.807, 2.05) is 60.4 Å². The van der Waals surface area contributed by atoms with Gasteiger partial charge in [0.05, 0.1) is 0 Å². The second-order valence-corrected chi connectivity index (χ2v) is 6.24. The Hall–Kier alpha value is -2.66. The maximum Gasteiger partial charge on any atom is 0.253 e. The molecule has 0 spiro atoms. The van der Waals surface area contributed by atoms with Gasteiger partial charge >= 0.3 is 0 Å². The summed E-state index contributed by atoms with van der Waals surface area (Å²) in [6.07, 6.45) is 0. The van der Waals surface area contributed by atoms with Gasteiger partial charge in [0.1, 0.15) is 0 Å². The molecule has 0 radical (unpaired) electrons. The van der Waals surface area contributed by atoms with Gasteiger partial charge in [0.15, 0.2) is 0 Å². The minimum atomic E-state index is -0.0842. The SMILES string of the molecule is Cc1ccccc1C(=O)NCc1ccc(C(=O)N2CCNCC2)cc1. The van der Waals surface area contributed by atoms with Crippen molar-refractivity contribution in [2.24, 2.45) is 0 Å². The number of hydrogen-bond donors (Lipinski definition) is 2. The highest BCUT2D eigenvalue weighted by atomic mass is 16.2. The Morgan fingerprint density at radius 1 is 1.04 bits per heavy atom. The lowest BCUT2D eigenvalue weighted by atomic mass is 10.1. The third kappa shape index (κ3) is 4.25. The monoisotopic (exact) mass is 337 g/mol. The number of nitrogens with one attached hydrogen (secondary N) is 2. The summed E-state index contributed by atoms with van der Waals surface area (Å²) in [5, 5.41) is 6.17. The maximum absolute atomic E-state index is 12.4. The third-order valence-electron chi connectivity index (χ3n) is 4.45. The molecule has 25 heavy (non-hydrogen) atoms. The van der Waals surface area contributed by atoms with E-state index in [9.17, 15) is 9.59 Å². The predicted octanol–water partition coefficient (Wildman–Crippen LogP) is 1.97. The number of nitrogens with zero attached hydrogens (tertiary/aromatic N) is 1. The molecular weight excluding hydrogens is 314 g/mol. The van der Waals surface area contributed by atoms with E-state index in [1.165, 1.54) is 0 Å². The maximum atomic E-state index is 12.4. The van der Waals surface area contributed by atoms with Crippen LogP contribution in [0.1, 0.15) is 31.8 Å². The van der Waals surface area contributed by atoms with Crippen molar-refractivity contribution in [2.75, 3.05) is 26.2 Å². The van der Waals surface area contributed by atoms with Crippen molar-refractivity contribution in [1.29, 1.82) is 0 Å². The standard InChI is InChI=1S/C20H23N3O2/c1-15-4-2-3-5-18(15)19(24)22-14-16-6-8-17(9-7-16)20(25)23-12-10-21-11-13-23/h2-9,21H,10-14H2,1H3,(H,22,24). The van der Waals surface area contributed by atoms with Crippen molar-refractivity contribution in [3.05, 3.63) is 70.8 Å². The molecule has 2 amide bonds. The van der Waals surface area contributed by atoms with Crippen LogP contribution in [0.15, 0.2) is 48.5 Å². The molecule has 0 unspecified atom stereocenters. The minimum Gasteiger partial charge on any atom is -0.348 e. The van der Waals surface area contributed by atoms with Gasteiger partial charge in [0.2, 0.25) is 0 Å². The average molecular weight is 337 g/mol. The average Bonchev–Trinajstić information content (AvgIpc) is 2.67. The molecule has 0 saturated carbocycles. The summed E-state index contributed by atoms with van der Waals surface area (Å²) in [7, 11) is 0. The van der Waals surface area contributed by atoms with Crippen LogP contribution in [0.4, 0.5) is 0 Å². The lowest BCUT2D eigenvalue weighted by Gasteiger charge is -2.27. The van der Waals surface area contributed by atoms with Crippen LogP contribution < -0.4 is 10.6 Å². The summed E-state index contributed by atoms with van der Waals surface area (Å²) in [5.41, 5.74) is 3.31. The van der Waals surface area contributed by atoms with E-state index in [0.717, 1.165) is 37.3 Å². The zero-order valence-electron chi connectivity index (χ0n) is 14.4. The van der Waals surface area contributed by atoms with E-state index in [1.54, 1.807) is 0 Å². The van der Waals surface area contributed by atoms with Crippen molar-refractivity contribution < 1.29 is 9.59 Å². The first-order chi connectivity index (χ1) is 12.1. The summed E-state index contributed by atoms with van der Waals surface area (Å²) in [5.74, 6) is -0.0175. The molecular formula is C20H23N3O2. The van der Waals surface area contributed by atoms with Crippen molar-refractivity contribution in [1.82, 2.24) is 15.5 Å². The highest BCUT2D eigenvalue weighted by molar-refractivity contribution is 5.95. The van der Waals surface area contributed by atoms with Crippen LogP contribution in [-0.4, -0.2) is 42.9 Å². The molecule has 5 heteroatoms. The number of hydrogen-bond acceptors (Lipinski definition) is 3. The lowest BCUT2D eigenvalue weighted by molar-refractivity contribution is 0.0735. The van der Waals surface area contributed by atoms with Crippen LogP contribution in [0.25, 0.3) is 0 Å². The largest absolute Gasteiger partial charge is 0.348 e. The fourth-order valence-corrected chi connectivity index (χ4v) is 2.92. The first-order valence-electron chi connectivity index (χ1n) is 8.58. The molecule has 3 rings (SSSR count). The van der Waals surface area contributed by atoms with Crippen LogP contribution in [0.3, 0.4) is 0 Å². The van der Waals surface area contributed by atoms with Crippen molar-refractivity contribution >= 4 is 11.8 Å². The van der Waals surface area contributed by atoms with E-state index >= 15 is 0 Å². The number of benzene rings is 2. The summed E-state index contributed by atoms with van der Waals surface area (Å²) in [6.45, 7) is 5.53. The normalized spacial score (nSPS) is 14.2. The molecule has 0 aliphatic carbocycles. The Balaban J connectivity index is 1.58. The molecule has 5 nitrogen and oxygen atoms in total. The lowest BCUT2D eigenvalue weighted by Crippen LogP contribution is -2.46. The fraction of sp³-hybridized carbons (Fsp3) is 0.300. The molecule has 1 aliphatic heterocycles. The summed E-state index contributed by atoms with van der Waals surface area (Å²) < 4.78 is 0. The van der Waals surface area contributed by atoms with Gasteiger partial charge in [-0.2, -0.15) is 0 Å². The highest BCUT2D eigenvalue weighted by Crippen LogP contribution is 2.10. The molecule has 2 aromatic carbocycles. The molecule has 1 heterocycles. The molecule has 0 atom stereocenters. The molecule has 1 fully saturated rings. The van der Waals surface area contributed by atoms with Gasteiger partial charge in [-0.3, -0.25) is 9.59 Å². The quantitative estimate of drug-likeness (QED) is 0.897. The van der Waals surface area contributed by atoms with Crippen molar-refractivity contribution in [3.63, 3.8) is 0 Å². The number of carbonyl (C=O) groups excluding carboxylic acids is 2. The molecule has 2 aromatic rings. The Kier molecular flexibility index (Phi) is 5.46. The van der Waals surface area contributed by atoms with E-state index in [-0.39, 0.29) is 11.8 Å². The second-order valence-electron chi connectivity index (χ2n) is 6.24. The Morgan fingerprint density at radius 2 is 1.72 bits per heavy atom.